The van der Waals surface area contributed by atoms with E-state index < -0.39 is 125 Å². The highest BCUT2D eigenvalue weighted by atomic mass is 35.5. The summed E-state index contributed by atoms with van der Waals surface area (Å²) >= 11 is 6.40. The number of methoxy groups -OCH3 is 2. The van der Waals surface area contributed by atoms with Crippen LogP contribution in [-0.2, 0) is 104 Å². The Morgan fingerprint density at radius 3 is 2.05 bits per heavy atom. The van der Waals surface area contributed by atoms with Crippen LogP contribution >= 0.6 is 11.6 Å². The molecular weight excluding hydrogens is 1230 g/mol. The number of carbonyl (C=O) groups is 11. The smallest absolute Gasteiger partial charge is 0.347 e. The van der Waals surface area contributed by atoms with Crippen molar-refractivity contribution in [2.24, 2.45) is 23.2 Å². The predicted octanol–water partition coefficient (Wildman–Crippen LogP) is 3.74. The van der Waals surface area contributed by atoms with Crippen LogP contribution in [0.25, 0.3) is 0 Å². The van der Waals surface area contributed by atoms with E-state index in [2.05, 4.69) is 31.9 Å². The Hall–Kier alpha value is -7.56. The van der Waals surface area contributed by atoms with Crippen LogP contribution in [-0.4, -0.2) is 180 Å². The molecule has 27 nitrogen and oxygen atoms in total. The highest BCUT2D eigenvalue weighted by Crippen LogP contribution is 2.45. The lowest BCUT2D eigenvalue weighted by Gasteiger charge is -2.29. The zero-order valence-corrected chi connectivity index (χ0v) is 55.4. The molecule has 514 valence electrons. The molecule has 2 aromatic rings. The number of hydroxylamine groups is 2. The summed E-state index contributed by atoms with van der Waals surface area (Å²) in [4.78, 5) is 150. The average Bonchev–Trinajstić information content (AvgIpc) is 1.66. The molecule has 5 rings (SSSR count). The highest BCUT2D eigenvalue weighted by Gasteiger charge is 2.48. The van der Waals surface area contributed by atoms with Crippen LogP contribution in [0.5, 0.6) is 5.75 Å². The number of carbonyl (C=O) groups excluding carboxylic acids is 11. The number of hydrogen-bond acceptors (Lipinski definition) is 20. The summed E-state index contributed by atoms with van der Waals surface area (Å²) in [7, 11) is 3.06. The van der Waals surface area contributed by atoms with Crippen LogP contribution < -0.4 is 36.6 Å². The van der Waals surface area contributed by atoms with E-state index in [1.807, 2.05) is 32.9 Å². The normalized spacial score (nSPS) is 20.7. The molecule has 8 amide bonds. The number of halogens is 1. The van der Waals surface area contributed by atoms with Crippen molar-refractivity contribution in [3.05, 3.63) is 76.3 Å². The van der Waals surface area contributed by atoms with Gasteiger partial charge >= 0.3 is 17.9 Å². The highest BCUT2D eigenvalue weighted by molar-refractivity contribution is 6.32. The Morgan fingerprint density at radius 1 is 0.763 bits per heavy atom. The van der Waals surface area contributed by atoms with Crippen molar-refractivity contribution < 1.29 is 95.5 Å². The first-order valence-electron chi connectivity index (χ1n) is 31.5. The Bertz CT molecular complexity index is 2890. The lowest BCUT2D eigenvalue weighted by atomic mass is 9.92. The van der Waals surface area contributed by atoms with Crippen molar-refractivity contribution in [2.75, 3.05) is 73.6 Å². The maximum absolute atomic E-state index is 14.1. The van der Waals surface area contributed by atoms with Crippen molar-refractivity contribution in [1.82, 2.24) is 37.0 Å². The fourth-order valence-electron chi connectivity index (χ4n) is 9.78. The summed E-state index contributed by atoms with van der Waals surface area (Å²) in [5.41, 5.74) is 0.740. The maximum atomic E-state index is 14.1. The Kier molecular flexibility index (Phi) is 31.6. The predicted molar refractivity (Wildman–Crippen MR) is 335 cm³/mol. The largest absolute Gasteiger partial charge is 0.495 e. The second-order valence-electron chi connectivity index (χ2n) is 24.3. The summed E-state index contributed by atoms with van der Waals surface area (Å²) in [6.07, 6.45) is -1.08. The van der Waals surface area contributed by atoms with Gasteiger partial charge in [0.25, 0.3) is 11.8 Å². The minimum absolute atomic E-state index is 0.00369. The second kappa shape index (κ2) is 38.6. The number of nitrogens with zero attached hydrogens (tertiary/aromatic N) is 1. The Morgan fingerprint density at radius 2 is 1.42 bits per heavy atom. The van der Waals surface area contributed by atoms with Crippen LogP contribution in [0.1, 0.15) is 129 Å². The number of amides is 8. The van der Waals surface area contributed by atoms with E-state index in [-0.39, 0.29) is 103 Å². The molecule has 28 heteroatoms. The van der Waals surface area contributed by atoms with Gasteiger partial charge in [-0.3, -0.25) is 43.2 Å². The fourth-order valence-corrected chi connectivity index (χ4v) is 10.1. The molecule has 0 bridgehead atoms. The fraction of sp³-hybridized carbons (Fsp3) is 0.615. The SMILES string of the molecule is COCCOCCOCCOCCNC(=O)CC[C@H](NC(=O)[C@@H](NC(=O)CCCC(=O)ON1C(=O)CCC1=O)C(C)C)C(=O)NCc1ccc([C@H]2O[C@@H]2[C@@H](C)[C@@H]2C/C=C/C(=O)N[C@H](Cc3ccc(OC)c(Cl)c3)C(=O)NCC(C)(C)C(=O)O[C@@H](CC(C)C)C(=O)O2)cc1. The van der Waals surface area contributed by atoms with Crippen molar-refractivity contribution in [3.63, 3.8) is 0 Å². The first-order valence-corrected chi connectivity index (χ1v) is 31.8. The molecule has 2 aromatic carbocycles. The Labute approximate surface area is 547 Å². The molecule has 0 spiro atoms. The number of epoxide rings is 1. The molecule has 0 aromatic heterocycles. The molecule has 2 fully saturated rings. The summed E-state index contributed by atoms with van der Waals surface area (Å²) in [5.74, 6) is -7.82. The van der Waals surface area contributed by atoms with Crippen LogP contribution in [0.4, 0.5) is 0 Å². The van der Waals surface area contributed by atoms with Gasteiger partial charge in [-0.2, -0.15) is 0 Å². The van der Waals surface area contributed by atoms with Crippen LogP contribution in [0, 0.1) is 23.2 Å². The summed E-state index contributed by atoms with van der Waals surface area (Å²) in [6.45, 7) is 14.6. The molecule has 0 unspecified atom stereocenters. The van der Waals surface area contributed by atoms with E-state index >= 15 is 0 Å². The van der Waals surface area contributed by atoms with E-state index in [9.17, 15) is 52.7 Å². The van der Waals surface area contributed by atoms with Gasteiger partial charge in [-0.15, -0.1) is 5.06 Å². The van der Waals surface area contributed by atoms with Crippen LogP contribution in [0.3, 0.4) is 0 Å². The number of ether oxygens (including phenoxy) is 8. The number of imide groups is 1. The Balaban J connectivity index is 1.23. The van der Waals surface area contributed by atoms with E-state index in [0.29, 0.717) is 60.0 Å². The quantitative estimate of drug-likeness (QED) is 0.0248. The van der Waals surface area contributed by atoms with Crippen LogP contribution in [0.15, 0.2) is 54.6 Å². The third kappa shape index (κ3) is 26.0. The molecule has 8 atom stereocenters. The second-order valence-corrected chi connectivity index (χ2v) is 24.7. The molecule has 3 aliphatic heterocycles. The van der Waals surface area contributed by atoms with Crippen LogP contribution in [0.2, 0.25) is 5.02 Å². The first kappa shape index (κ1) is 76.2. The van der Waals surface area contributed by atoms with Gasteiger partial charge in [0.05, 0.1) is 69.9 Å². The van der Waals surface area contributed by atoms with Crippen molar-refractivity contribution in [3.8, 4) is 5.75 Å². The molecule has 3 aliphatic rings. The minimum atomic E-state index is -1.31. The molecular formula is C65H92ClN7O20. The van der Waals surface area contributed by atoms with Crippen molar-refractivity contribution >= 4 is 76.8 Å². The molecule has 0 radical (unpaired) electrons. The van der Waals surface area contributed by atoms with Gasteiger partial charge in [0.15, 0.2) is 6.10 Å². The third-order valence-electron chi connectivity index (χ3n) is 15.3. The summed E-state index contributed by atoms with van der Waals surface area (Å²) < 4.78 is 44.8. The van der Waals surface area contributed by atoms with Gasteiger partial charge in [-0.25, -0.2) is 9.59 Å². The van der Waals surface area contributed by atoms with Gasteiger partial charge in [0.2, 0.25) is 35.4 Å². The molecule has 6 N–H and O–H groups in total. The molecule has 0 aliphatic carbocycles. The zero-order chi connectivity index (χ0) is 68.2. The monoisotopic (exact) mass is 1330 g/mol. The first-order chi connectivity index (χ1) is 44.3. The van der Waals surface area contributed by atoms with E-state index in [1.165, 1.54) is 19.3 Å². The number of esters is 2. The molecule has 2 saturated heterocycles. The number of hydrogen-bond donors (Lipinski definition) is 6. The van der Waals surface area contributed by atoms with Gasteiger partial charge in [0.1, 0.15) is 36.1 Å². The topological polar surface area (TPSA) is 350 Å². The summed E-state index contributed by atoms with van der Waals surface area (Å²) in [6, 6.07) is 8.71. The number of nitrogens with one attached hydrogen (secondary N) is 6. The molecule has 3 heterocycles. The van der Waals surface area contributed by atoms with E-state index in [0.717, 1.165) is 5.56 Å². The average molecular weight is 1330 g/mol. The minimum Gasteiger partial charge on any atom is -0.495 e. The number of cyclic esters (lactones) is 2. The zero-order valence-electron chi connectivity index (χ0n) is 54.6. The van der Waals surface area contributed by atoms with Crippen molar-refractivity contribution in [1.29, 1.82) is 0 Å². The molecule has 93 heavy (non-hydrogen) atoms. The maximum Gasteiger partial charge on any atom is 0.347 e. The van der Waals surface area contributed by atoms with E-state index in [1.54, 1.807) is 65.1 Å². The van der Waals surface area contributed by atoms with Gasteiger partial charge in [-0.1, -0.05) is 82.6 Å². The lowest BCUT2D eigenvalue weighted by Crippen LogP contribution is -2.55. The number of rotatable bonds is 35. The van der Waals surface area contributed by atoms with Gasteiger partial charge < -0.3 is 74.6 Å². The molecule has 0 saturated carbocycles. The van der Waals surface area contributed by atoms with E-state index in [4.69, 9.17) is 54.3 Å². The standard InChI is InChI=1S/C65H92ClN7O20/c1-39(2)34-50-63(83)90-48(12-10-13-52(75)70-47(36-43-18-22-49(86-9)45(66)35-43)61(81)69-38-65(6,7)64(84)91-50)41(5)58-59(92-58)44-19-16-42(17-20-44)37-68-60(80)46(21-23-51(74)67-26-27-87-30-31-89-33-32-88-29-28-85-8)71-62(82)57(40(3)4)72-53(76)14-11-15-56(79)93-73-54(77)24-25-55(73)78/h10,13,16-20,22,35,39-41,46-48,50,57-59H,11-12,14-15,21,23-34,36-38H2,1-9H3,(H,67,74)(H,68,80)(H,69,81)(H,70,75)(H,71,82)(H,72,76)/b13-10+/t41-,46-,47+,48-,50-,57-,58+,59+/m0/s1. The third-order valence-corrected chi connectivity index (χ3v) is 15.6. The number of benzene rings is 2. The van der Waals surface area contributed by atoms with Gasteiger partial charge in [0, 0.05) is 77.6 Å². The lowest BCUT2D eigenvalue weighted by molar-refractivity contribution is -0.197. The van der Waals surface area contributed by atoms with Crippen molar-refractivity contribution in [2.45, 2.75) is 162 Å². The summed E-state index contributed by atoms with van der Waals surface area (Å²) in [5, 5.41) is 17.2. The van der Waals surface area contributed by atoms with Gasteiger partial charge in [-0.05, 0) is 79.8 Å².